The lowest BCUT2D eigenvalue weighted by Gasteiger charge is -2.26. The molecule has 0 aliphatic carbocycles. The predicted octanol–water partition coefficient (Wildman–Crippen LogP) is 2.86. The van der Waals surface area contributed by atoms with Gasteiger partial charge in [-0.05, 0) is 30.7 Å². The number of nitrogens with zero attached hydrogens (tertiary/aromatic N) is 2. The minimum Gasteiger partial charge on any atom is -0.337 e. The summed E-state index contributed by atoms with van der Waals surface area (Å²) in [5, 5.41) is 2.03. The molecule has 1 aliphatic heterocycles. The van der Waals surface area contributed by atoms with Crippen LogP contribution in [0.2, 0.25) is 0 Å². The minimum atomic E-state index is 0.0755. The molecular formula is C15H16N2O. The van der Waals surface area contributed by atoms with Gasteiger partial charge in [0.2, 0.25) is 0 Å². The zero-order chi connectivity index (χ0) is 12.4. The van der Waals surface area contributed by atoms with E-state index in [1.165, 1.54) is 6.42 Å². The van der Waals surface area contributed by atoms with E-state index in [1.54, 1.807) is 6.20 Å². The highest BCUT2D eigenvalue weighted by Gasteiger charge is 2.20. The van der Waals surface area contributed by atoms with E-state index in [0.29, 0.717) is 5.69 Å². The van der Waals surface area contributed by atoms with Crippen molar-refractivity contribution in [3.8, 4) is 0 Å². The zero-order valence-electron chi connectivity index (χ0n) is 10.3. The average molecular weight is 240 g/mol. The van der Waals surface area contributed by atoms with E-state index in [4.69, 9.17) is 0 Å². The Morgan fingerprint density at radius 3 is 2.67 bits per heavy atom. The van der Waals surface area contributed by atoms with Crippen molar-refractivity contribution in [1.82, 2.24) is 9.88 Å². The number of hydrogen-bond donors (Lipinski definition) is 0. The first-order chi connectivity index (χ1) is 8.86. The second kappa shape index (κ2) is 4.77. The fourth-order valence-electron chi connectivity index (χ4n) is 2.54. The zero-order valence-corrected chi connectivity index (χ0v) is 10.3. The third kappa shape index (κ3) is 1.96. The number of aromatic nitrogens is 1. The number of hydrogen-bond acceptors (Lipinski definition) is 2. The number of likely N-dealkylation sites (tertiary alicyclic amines) is 1. The summed E-state index contributed by atoms with van der Waals surface area (Å²) in [6.45, 7) is 1.73. The number of pyridine rings is 1. The van der Waals surface area contributed by atoms with Gasteiger partial charge in [0.1, 0.15) is 5.69 Å². The summed E-state index contributed by atoms with van der Waals surface area (Å²) in [5.74, 6) is 0.0755. The maximum atomic E-state index is 12.5. The number of rotatable bonds is 1. The van der Waals surface area contributed by atoms with Crippen molar-refractivity contribution in [1.29, 1.82) is 0 Å². The molecule has 3 nitrogen and oxygen atoms in total. The van der Waals surface area contributed by atoms with Crippen LogP contribution in [0.25, 0.3) is 10.8 Å². The monoisotopic (exact) mass is 240 g/mol. The molecule has 0 atom stereocenters. The third-order valence-electron chi connectivity index (χ3n) is 3.52. The van der Waals surface area contributed by atoms with Crippen molar-refractivity contribution in [3.63, 3.8) is 0 Å². The van der Waals surface area contributed by atoms with Gasteiger partial charge in [0.25, 0.3) is 5.91 Å². The third-order valence-corrected chi connectivity index (χ3v) is 3.52. The summed E-state index contributed by atoms with van der Waals surface area (Å²) in [4.78, 5) is 18.7. The Bertz CT molecular complexity index is 568. The number of fused-ring (bicyclic) bond motifs is 1. The highest BCUT2D eigenvalue weighted by molar-refractivity contribution is 6.05. The lowest BCUT2D eigenvalue weighted by molar-refractivity contribution is 0.0720. The smallest absolute Gasteiger partial charge is 0.273 e. The van der Waals surface area contributed by atoms with E-state index >= 15 is 0 Å². The molecule has 1 fully saturated rings. The molecule has 1 aromatic carbocycles. The van der Waals surface area contributed by atoms with Gasteiger partial charge in [-0.3, -0.25) is 9.78 Å². The van der Waals surface area contributed by atoms with Gasteiger partial charge >= 0.3 is 0 Å². The van der Waals surface area contributed by atoms with Crippen LogP contribution in [-0.2, 0) is 0 Å². The summed E-state index contributed by atoms with van der Waals surface area (Å²) >= 11 is 0. The lowest BCUT2D eigenvalue weighted by atomic mass is 10.1. The Hall–Kier alpha value is -1.90. The summed E-state index contributed by atoms with van der Waals surface area (Å²) in [6, 6.07) is 9.88. The van der Waals surface area contributed by atoms with E-state index in [0.717, 1.165) is 36.7 Å². The van der Waals surface area contributed by atoms with Crippen molar-refractivity contribution in [3.05, 3.63) is 42.2 Å². The van der Waals surface area contributed by atoms with Gasteiger partial charge in [-0.25, -0.2) is 0 Å². The highest BCUT2D eigenvalue weighted by Crippen LogP contribution is 2.19. The number of benzene rings is 1. The predicted molar refractivity (Wildman–Crippen MR) is 71.5 cm³/mol. The van der Waals surface area contributed by atoms with Crippen molar-refractivity contribution in [2.45, 2.75) is 19.3 Å². The van der Waals surface area contributed by atoms with Gasteiger partial charge in [-0.15, -0.1) is 0 Å². The van der Waals surface area contributed by atoms with Crippen molar-refractivity contribution >= 4 is 16.7 Å². The van der Waals surface area contributed by atoms with Gasteiger partial charge < -0.3 is 4.90 Å². The standard InChI is InChI=1S/C15H16N2O/c18-15(17-10-4-1-5-11-17)14-13-7-3-2-6-12(13)8-9-16-14/h2-3,6-9H,1,4-5,10-11H2. The van der Waals surface area contributed by atoms with Gasteiger partial charge in [0.05, 0.1) is 0 Å². The van der Waals surface area contributed by atoms with Gasteiger partial charge in [-0.2, -0.15) is 0 Å². The molecule has 0 radical (unpaired) electrons. The number of amides is 1. The van der Waals surface area contributed by atoms with Crippen LogP contribution in [0.1, 0.15) is 29.8 Å². The molecule has 2 aromatic rings. The van der Waals surface area contributed by atoms with Crippen LogP contribution in [0.4, 0.5) is 0 Å². The van der Waals surface area contributed by atoms with Crippen molar-refractivity contribution in [2.75, 3.05) is 13.1 Å². The van der Waals surface area contributed by atoms with E-state index < -0.39 is 0 Å². The van der Waals surface area contributed by atoms with Crippen LogP contribution in [0, 0.1) is 0 Å². The molecule has 18 heavy (non-hydrogen) atoms. The molecule has 0 unspecified atom stereocenters. The molecule has 1 aromatic heterocycles. The molecule has 3 rings (SSSR count). The number of carbonyl (C=O) groups is 1. The molecule has 1 saturated heterocycles. The second-order valence-corrected chi connectivity index (χ2v) is 4.73. The van der Waals surface area contributed by atoms with Crippen LogP contribution >= 0.6 is 0 Å². The van der Waals surface area contributed by atoms with Crippen LogP contribution in [-0.4, -0.2) is 28.9 Å². The summed E-state index contributed by atoms with van der Waals surface area (Å²) in [7, 11) is 0. The van der Waals surface area contributed by atoms with Crippen LogP contribution < -0.4 is 0 Å². The first kappa shape index (κ1) is 11.2. The van der Waals surface area contributed by atoms with Crippen molar-refractivity contribution < 1.29 is 4.79 Å². The SMILES string of the molecule is O=C(c1nccc2ccccc12)N1CCCCC1. The quantitative estimate of drug-likeness (QED) is 0.768. The van der Waals surface area contributed by atoms with E-state index in [9.17, 15) is 4.79 Å². The lowest BCUT2D eigenvalue weighted by Crippen LogP contribution is -2.36. The molecule has 0 N–H and O–H groups in total. The van der Waals surface area contributed by atoms with E-state index in [1.807, 2.05) is 35.2 Å². The minimum absolute atomic E-state index is 0.0755. The Balaban J connectivity index is 2.00. The molecule has 0 bridgehead atoms. The van der Waals surface area contributed by atoms with Gasteiger partial charge in [0.15, 0.2) is 0 Å². The Labute approximate surface area is 106 Å². The topological polar surface area (TPSA) is 33.2 Å². The van der Waals surface area contributed by atoms with E-state index in [2.05, 4.69) is 4.98 Å². The largest absolute Gasteiger partial charge is 0.337 e. The van der Waals surface area contributed by atoms with E-state index in [-0.39, 0.29) is 5.91 Å². The average Bonchev–Trinajstić information content (AvgIpc) is 2.47. The van der Waals surface area contributed by atoms with Crippen LogP contribution in [0.3, 0.4) is 0 Å². The fraction of sp³-hybridized carbons (Fsp3) is 0.333. The molecule has 2 heterocycles. The van der Waals surface area contributed by atoms with Crippen LogP contribution in [0.5, 0.6) is 0 Å². The maximum Gasteiger partial charge on any atom is 0.273 e. The molecule has 3 heteroatoms. The number of carbonyl (C=O) groups excluding carboxylic acids is 1. The summed E-state index contributed by atoms with van der Waals surface area (Å²) < 4.78 is 0. The van der Waals surface area contributed by atoms with Crippen molar-refractivity contribution in [2.24, 2.45) is 0 Å². The molecule has 1 aliphatic rings. The highest BCUT2D eigenvalue weighted by atomic mass is 16.2. The van der Waals surface area contributed by atoms with Gasteiger partial charge in [-0.1, -0.05) is 24.3 Å². The first-order valence-corrected chi connectivity index (χ1v) is 6.49. The Morgan fingerprint density at radius 1 is 1.06 bits per heavy atom. The normalized spacial score (nSPS) is 15.9. The maximum absolute atomic E-state index is 12.5. The summed E-state index contributed by atoms with van der Waals surface area (Å²) in [6.07, 6.45) is 5.17. The van der Waals surface area contributed by atoms with Gasteiger partial charge in [0, 0.05) is 24.7 Å². The molecule has 92 valence electrons. The first-order valence-electron chi connectivity index (χ1n) is 6.49. The Morgan fingerprint density at radius 2 is 1.83 bits per heavy atom. The second-order valence-electron chi connectivity index (χ2n) is 4.73. The fourth-order valence-corrected chi connectivity index (χ4v) is 2.54. The summed E-state index contributed by atoms with van der Waals surface area (Å²) in [5.41, 5.74) is 0.593. The molecule has 0 spiro atoms. The Kier molecular flexibility index (Phi) is 2.97. The number of piperidine rings is 1. The molecule has 1 amide bonds. The van der Waals surface area contributed by atoms with Crippen LogP contribution in [0.15, 0.2) is 36.5 Å². The molecule has 0 saturated carbocycles. The molecular weight excluding hydrogens is 224 g/mol.